The maximum Gasteiger partial charge on any atom is 0.342 e. The van der Waals surface area contributed by atoms with Gasteiger partial charge in [-0.05, 0) is 56.0 Å². The highest BCUT2D eigenvalue weighted by Gasteiger charge is 2.34. The van der Waals surface area contributed by atoms with Gasteiger partial charge in [0.1, 0.15) is 11.5 Å². The van der Waals surface area contributed by atoms with Crippen LogP contribution in [0.3, 0.4) is 0 Å². The average Bonchev–Trinajstić information content (AvgIpc) is 3.43. The molecule has 1 aliphatic rings. The molecule has 11 heteroatoms. The highest BCUT2D eigenvalue weighted by molar-refractivity contribution is 8.03. The van der Waals surface area contributed by atoms with Crippen LogP contribution in [0.15, 0.2) is 69.8 Å². The summed E-state index contributed by atoms with van der Waals surface area (Å²) in [5.41, 5.74) is 1.83. The second kappa shape index (κ2) is 10.6. The molecule has 1 amide bonds. The maximum atomic E-state index is 13.1. The number of hydrogen-bond donors (Lipinski definition) is 1. The van der Waals surface area contributed by atoms with Crippen LogP contribution in [0.5, 0.6) is 11.5 Å². The number of amides is 1. The second-order valence-corrected chi connectivity index (χ2v) is 8.80. The number of rotatable bonds is 9. The number of anilines is 1. The number of thioether (sulfide) groups is 1. The lowest BCUT2D eigenvalue weighted by Crippen LogP contribution is -2.26. The molecule has 0 aliphatic carbocycles. The van der Waals surface area contributed by atoms with Crippen molar-refractivity contribution in [3.05, 3.63) is 59.5 Å². The van der Waals surface area contributed by atoms with Crippen LogP contribution < -0.4 is 14.5 Å². The summed E-state index contributed by atoms with van der Waals surface area (Å²) in [5.74, 6) is -0.579. The van der Waals surface area contributed by atoms with Crippen LogP contribution in [0.25, 0.3) is 11.4 Å². The number of ether oxygens (including phenoxy) is 2. The molecule has 2 aromatic carbocycles. The van der Waals surface area contributed by atoms with Gasteiger partial charge in [-0.2, -0.15) is 10.1 Å². The zero-order chi connectivity index (χ0) is 25.8. The van der Waals surface area contributed by atoms with E-state index in [1.165, 1.54) is 11.1 Å². The molecule has 10 nitrogen and oxygen atoms in total. The van der Waals surface area contributed by atoms with Crippen molar-refractivity contribution in [3.63, 3.8) is 0 Å². The molecule has 0 saturated carbocycles. The Bertz CT molecular complexity index is 1330. The molecule has 1 atom stereocenters. The Labute approximate surface area is 212 Å². The van der Waals surface area contributed by atoms with Crippen molar-refractivity contribution in [1.29, 1.82) is 0 Å². The lowest BCUT2D eigenvalue weighted by Gasteiger charge is -2.13. The van der Waals surface area contributed by atoms with Gasteiger partial charge in [-0.15, -0.1) is 10.2 Å². The summed E-state index contributed by atoms with van der Waals surface area (Å²) in [6, 6.07) is 14.4. The molecule has 3 aromatic rings. The molecule has 4 rings (SSSR count). The largest absolute Gasteiger partial charge is 0.497 e. The van der Waals surface area contributed by atoms with Crippen molar-refractivity contribution >= 4 is 35.0 Å². The first-order chi connectivity index (χ1) is 17.4. The van der Waals surface area contributed by atoms with Gasteiger partial charge in [0.2, 0.25) is 0 Å². The Hall–Kier alpha value is -4.12. The maximum absolute atomic E-state index is 13.1. The number of carboxylic acids is 1. The minimum absolute atomic E-state index is 0.0466. The zero-order valence-electron chi connectivity index (χ0n) is 20.2. The highest BCUT2D eigenvalue weighted by atomic mass is 32.2. The van der Waals surface area contributed by atoms with Crippen LogP contribution in [0.1, 0.15) is 13.8 Å². The topological polar surface area (TPSA) is 119 Å². The molecular formula is C25H25N5O5S. The van der Waals surface area contributed by atoms with Gasteiger partial charge in [-0.3, -0.25) is 4.79 Å². The number of aliphatic carboxylic acids is 1. The van der Waals surface area contributed by atoms with Crippen molar-refractivity contribution in [2.24, 2.45) is 11.0 Å². The number of benzene rings is 2. The van der Waals surface area contributed by atoms with E-state index >= 15 is 0 Å². The molecular weight excluding hydrogens is 482 g/mol. The Kier molecular flexibility index (Phi) is 7.39. The number of hydrazone groups is 1. The first-order valence-corrected chi connectivity index (χ1v) is 11.9. The van der Waals surface area contributed by atoms with Crippen molar-refractivity contribution in [2.45, 2.75) is 25.5 Å². The third kappa shape index (κ3) is 4.96. The van der Waals surface area contributed by atoms with E-state index in [4.69, 9.17) is 9.47 Å². The molecule has 186 valence electrons. The smallest absolute Gasteiger partial charge is 0.342 e. The quantitative estimate of drug-likeness (QED) is 0.340. The molecule has 0 saturated heterocycles. The van der Waals surface area contributed by atoms with Crippen LogP contribution in [-0.2, 0) is 16.1 Å². The van der Waals surface area contributed by atoms with Crippen molar-refractivity contribution in [1.82, 2.24) is 14.8 Å². The van der Waals surface area contributed by atoms with E-state index in [2.05, 4.69) is 15.3 Å². The number of aromatic nitrogens is 3. The van der Waals surface area contributed by atoms with Crippen molar-refractivity contribution < 1.29 is 24.2 Å². The van der Waals surface area contributed by atoms with E-state index in [9.17, 15) is 14.7 Å². The summed E-state index contributed by atoms with van der Waals surface area (Å²) in [5, 5.41) is 24.5. The minimum atomic E-state index is -1.17. The van der Waals surface area contributed by atoms with E-state index in [1.807, 2.05) is 25.1 Å². The monoisotopic (exact) mass is 507 g/mol. The summed E-state index contributed by atoms with van der Waals surface area (Å²) < 4.78 is 12.5. The summed E-state index contributed by atoms with van der Waals surface area (Å²) >= 11 is 0.934. The third-order valence-electron chi connectivity index (χ3n) is 5.56. The fourth-order valence-electron chi connectivity index (χ4n) is 3.72. The van der Waals surface area contributed by atoms with E-state index in [0.717, 1.165) is 11.8 Å². The number of carbonyl (C=O) groups excluding carboxylic acids is 1. The van der Waals surface area contributed by atoms with Gasteiger partial charge in [0.15, 0.2) is 11.0 Å². The normalized spacial score (nSPS) is 15.7. The van der Waals surface area contributed by atoms with Crippen LogP contribution in [-0.4, -0.2) is 51.7 Å². The van der Waals surface area contributed by atoms with Crippen LogP contribution in [0.4, 0.5) is 5.69 Å². The number of hydrogen-bond acceptors (Lipinski definition) is 8. The molecule has 1 aromatic heterocycles. The van der Waals surface area contributed by atoms with Crippen molar-refractivity contribution in [2.75, 3.05) is 19.2 Å². The number of methoxy groups -OCH3 is 2. The molecule has 0 fully saturated rings. The van der Waals surface area contributed by atoms with Gasteiger partial charge in [0.05, 0.1) is 36.4 Å². The van der Waals surface area contributed by atoms with Gasteiger partial charge >= 0.3 is 5.97 Å². The van der Waals surface area contributed by atoms with E-state index in [0.29, 0.717) is 46.0 Å². The standard InChI is InChI=1S/C25H25N5O5S/c1-5-29-22(16-11-18(34-3)13-19(12-16)35-4)26-27-25(29)36-21(24(32)33)14-20-15(2)28-30(23(20)31)17-9-7-6-8-10-17/h6-14,20H,5H2,1-4H3,(H,32,33)/b21-14+/t20-/m0/s1. The van der Waals surface area contributed by atoms with Gasteiger partial charge in [-0.1, -0.05) is 18.2 Å². The van der Waals surface area contributed by atoms with Crippen molar-refractivity contribution in [3.8, 4) is 22.9 Å². The van der Waals surface area contributed by atoms with E-state index in [-0.39, 0.29) is 10.8 Å². The van der Waals surface area contributed by atoms with Crippen LogP contribution in [0.2, 0.25) is 0 Å². The lowest BCUT2D eigenvalue weighted by molar-refractivity contribution is -0.131. The fraction of sp³-hybridized carbons (Fsp3) is 0.240. The van der Waals surface area contributed by atoms with Gasteiger partial charge in [-0.25, -0.2) is 4.79 Å². The van der Waals surface area contributed by atoms with E-state index in [1.54, 1.807) is 56.0 Å². The Morgan fingerprint density at radius 1 is 1.11 bits per heavy atom. The molecule has 2 heterocycles. The van der Waals surface area contributed by atoms with Crippen LogP contribution in [0, 0.1) is 5.92 Å². The number of nitrogens with zero attached hydrogens (tertiary/aromatic N) is 5. The first-order valence-electron chi connectivity index (χ1n) is 11.1. The molecule has 1 N–H and O–H groups in total. The zero-order valence-corrected chi connectivity index (χ0v) is 21.0. The third-order valence-corrected chi connectivity index (χ3v) is 6.57. The average molecular weight is 508 g/mol. The molecule has 1 aliphatic heterocycles. The first kappa shape index (κ1) is 25.0. The molecule has 0 bridgehead atoms. The molecule has 0 unspecified atom stereocenters. The molecule has 36 heavy (non-hydrogen) atoms. The van der Waals surface area contributed by atoms with E-state index < -0.39 is 11.9 Å². The Morgan fingerprint density at radius 2 is 1.78 bits per heavy atom. The summed E-state index contributed by atoms with van der Waals surface area (Å²) in [4.78, 5) is 25.2. The number of carboxylic acid groups (broad SMARTS) is 1. The predicted molar refractivity (Wildman–Crippen MR) is 136 cm³/mol. The van der Waals surface area contributed by atoms with Gasteiger partial charge < -0.3 is 19.1 Å². The summed E-state index contributed by atoms with van der Waals surface area (Å²) in [6.45, 7) is 4.10. The van der Waals surface area contributed by atoms with Crippen LogP contribution >= 0.6 is 11.8 Å². The predicted octanol–water partition coefficient (Wildman–Crippen LogP) is 4.08. The molecule has 0 radical (unpaired) electrons. The Balaban J connectivity index is 1.65. The van der Waals surface area contributed by atoms with Gasteiger partial charge in [0.25, 0.3) is 5.91 Å². The number of para-hydroxylation sites is 1. The summed E-state index contributed by atoms with van der Waals surface area (Å²) in [7, 11) is 3.12. The number of carbonyl (C=O) groups is 2. The van der Waals surface area contributed by atoms with Gasteiger partial charge in [0, 0.05) is 18.2 Å². The summed E-state index contributed by atoms with van der Waals surface area (Å²) in [6.07, 6.45) is 1.42. The SMILES string of the molecule is CCn1c(S/C(=C/[C@@H]2C(=O)N(c3ccccc3)N=C2C)C(=O)O)nnc1-c1cc(OC)cc(OC)c1. The minimum Gasteiger partial charge on any atom is -0.497 e. The fourth-order valence-corrected chi connectivity index (χ4v) is 4.62. The highest BCUT2D eigenvalue weighted by Crippen LogP contribution is 2.34. The second-order valence-electron chi connectivity index (χ2n) is 7.79. The Morgan fingerprint density at radius 3 is 2.36 bits per heavy atom. The molecule has 0 spiro atoms. The lowest BCUT2D eigenvalue weighted by atomic mass is 10.0.